The number of hydrogen-bond donors (Lipinski definition) is 1. The summed E-state index contributed by atoms with van der Waals surface area (Å²) in [5, 5.41) is 12.0. The molecule has 0 spiro atoms. The number of aromatic nitrogens is 4. The number of pyridine rings is 1. The normalized spacial score (nSPS) is 24.9. The minimum atomic E-state index is -0.0270. The molecule has 2 aromatic heterocycles. The van der Waals surface area contributed by atoms with Gasteiger partial charge in [0, 0.05) is 24.0 Å². The SMILES string of the molecule is Cc1ccc(-n2nccn2)c(C(=O)N2C3CC(C3)C(C)C2CNc2ccccc2)n1. The molecule has 30 heavy (non-hydrogen) atoms. The number of carbonyl (C=O) groups is 1. The average Bonchev–Trinajstić information content (AvgIpc) is 3.26. The molecule has 2 atom stereocenters. The molecule has 0 radical (unpaired) electrons. The molecule has 1 N–H and O–H groups in total. The van der Waals surface area contributed by atoms with Crippen LogP contribution in [0.1, 0.15) is 35.9 Å². The summed E-state index contributed by atoms with van der Waals surface area (Å²) in [5.74, 6) is 1.10. The van der Waals surface area contributed by atoms with Gasteiger partial charge in [-0.05, 0) is 55.9 Å². The van der Waals surface area contributed by atoms with Crippen molar-refractivity contribution in [3.63, 3.8) is 0 Å². The molecule has 1 amide bonds. The Balaban J connectivity index is 1.46. The maximum absolute atomic E-state index is 13.8. The van der Waals surface area contributed by atoms with Crippen molar-refractivity contribution in [2.24, 2.45) is 11.8 Å². The molecule has 2 aliphatic heterocycles. The molecule has 2 bridgehead atoms. The van der Waals surface area contributed by atoms with Gasteiger partial charge in [0.15, 0.2) is 5.69 Å². The first-order chi connectivity index (χ1) is 14.6. The second kappa shape index (κ2) is 7.55. The highest BCUT2D eigenvalue weighted by atomic mass is 16.2. The van der Waals surface area contributed by atoms with Gasteiger partial charge >= 0.3 is 0 Å². The van der Waals surface area contributed by atoms with Crippen molar-refractivity contribution >= 4 is 11.6 Å². The Bertz CT molecular complexity index is 1030. The molecule has 7 heteroatoms. The maximum Gasteiger partial charge on any atom is 0.275 e. The van der Waals surface area contributed by atoms with Crippen LogP contribution in [0.4, 0.5) is 5.69 Å². The summed E-state index contributed by atoms with van der Waals surface area (Å²) in [7, 11) is 0. The van der Waals surface area contributed by atoms with Gasteiger partial charge in [-0.15, -0.1) is 4.80 Å². The highest BCUT2D eigenvalue weighted by molar-refractivity contribution is 5.96. The fraction of sp³-hybridized carbons (Fsp3) is 0.391. The Morgan fingerprint density at radius 1 is 1.10 bits per heavy atom. The highest BCUT2D eigenvalue weighted by Gasteiger charge is 2.51. The molecule has 1 aromatic carbocycles. The monoisotopic (exact) mass is 402 g/mol. The van der Waals surface area contributed by atoms with Crippen molar-refractivity contribution in [1.82, 2.24) is 24.9 Å². The van der Waals surface area contributed by atoms with Crippen LogP contribution in [0.3, 0.4) is 0 Å². The third-order valence-corrected chi connectivity index (χ3v) is 6.62. The molecular formula is C23H26N6O. The lowest BCUT2D eigenvalue weighted by molar-refractivity contribution is -0.0505. The van der Waals surface area contributed by atoms with Gasteiger partial charge in [0.2, 0.25) is 0 Å². The largest absolute Gasteiger partial charge is 0.383 e. The van der Waals surface area contributed by atoms with E-state index in [1.54, 1.807) is 12.4 Å². The zero-order valence-electron chi connectivity index (χ0n) is 17.3. The van der Waals surface area contributed by atoms with Gasteiger partial charge in [0.1, 0.15) is 5.69 Å². The molecule has 1 aliphatic carbocycles. The second-order valence-corrected chi connectivity index (χ2v) is 8.41. The first kappa shape index (κ1) is 18.8. The first-order valence-corrected chi connectivity index (χ1v) is 10.6. The number of fused-ring (bicyclic) bond motifs is 2. The third-order valence-electron chi connectivity index (χ3n) is 6.62. The Hall–Kier alpha value is -3.22. The molecule has 2 saturated heterocycles. The first-order valence-electron chi connectivity index (χ1n) is 10.6. The minimum Gasteiger partial charge on any atom is -0.383 e. The van der Waals surface area contributed by atoms with Crippen molar-refractivity contribution in [3.05, 3.63) is 66.2 Å². The topological polar surface area (TPSA) is 75.9 Å². The fourth-order valence-corrected chi connectivity index (χ4v) is 4.83. The van der Waals surface area contributed by atoms with E-state index in [-0.39, 0.29) is 18.0 Å². The molecule has 3 aliphatic rings. The van der Waals surface area contributed by atoms with Crippen LogP contribution in [0.2, 0.25) is 0 Å². The van der Waals surface area contributed by atoms with E-state index in [1.165, 1.54) is 4.80 Å². The summed E-state index contributed by atoms with van der Waals surface area (Å²) in [4.78, 5) is 22.0. The lowest BCUT2D eigenvalue weighted by Gasteiger charge is -2.57. The Morgan fingerprint density at radius 2 is 1.83 bits per heavy atom. The van der Waals surface area contributed by atoms with Crippen LogP contribution >= 0.6 is 0 Å². The van der Waals surface area contributed by atoms with E-state index in [0.717, 1.165) is 30.8 Å². The smallest absolute Gasteiger partial charge is 0.275 e. The predicted molar refractivity (Wildman–Crippen MR) is 114 cm³/mol. The van der Waals surface area contributed by atoms with E-state index in [9.17, 15) is 4.79 Å². The van der Waals surface area contributed by atoms with E-state index in [4.69, 9.17) is 0 Å². The molecule has 6 rings (SSSR count). The van der Waals surface area contributed by atoms with Gasteiger partial charge < -0.3 is 10.2 Å². The van der Waals surface area contributed by atoms with Crippen molar-refractivity contribution in [1.29, 1.82) is 0 Å². The Morgan fingerprint density at radius 3 is 2.57 bits per heavy atom. The summed E-state index contributed by atoms with van der Waals surface area (Å²) in [6.45, 7) is 4.91. The van der Waals surface area contributed by atoms with Crippen LogP contribution in [0.5, 0.6) is 0 Å². The van der Waals surface area contributed by atoms with E-state index in [2.05, 4.69) is 44.5 Å². The summed E-state index contributed by atoms with van der Waals surface area (Å²) < 4.78 is 0. The van der Waals surface area contributed by atoms with Gasteiger partial charge in [-0.2, -0.15) is 10.2 Å². The van der Waals surface area contributed by atoms with Crippen molar-refractivity contribution in [2.45, 2.75) is 38.8 Å². The quantitative estimate of drug-likeness (QED) is 0.709. The number of benzene rings is 1. The third kappa shape index (κ3) is 3.24. The number of piperidine rings is 2. The predicted octanol–water partition coefficient (Wildman–Crippen LogP) is 3.32. The Kier molecular flexibility index (Phi) is 4.73. The van der Waals surface area contributed by atoms with E-state index >= 15 is 0 Å². The summed E-state index contributed by atoms with van der Waals surface area (Å²) in [6.07, 6.45) is 5.38. The van der Waals surface area contributed by atoms with Crippen molar-refractivity contribution < 1.29 is 4.79 Å². The van der Waals surface area contributed by atoms with Crippen LogP contribution in [0, 0.1) is 18.8 Å². The number of hydrogen-bond acceptors (Lipinski definition) is 5. The van der Waals surface area contributed by atoms with E-state index in [0.29, 0.717) is 23.2 Å². The number of rotatable bonds is 5. The molecule has 3 fully saturated rings. The number of nitrogens with zero attached hydrogens (tertiary/aromatic N) is 5. The number of anilines is 1. The van der Waals surface area contributed by atoms with Gasteiger partial charge in [-0.1, -0.05) is 25.1 Å². The van der Waals surface area contributed by atoms with Crippen LogP contribution in [-0.2, 0) is 0 Å². The van der Waals surface area contributed by atoms with Gasteiger partial charge in [0.05, 0.1) is 18.4 Å². The zero-order chi connectivity index (χ0) is 20.7. The molecule has 4 heterocycles. The van der Waals surface area contributed by atoms with Gasteiger partial charge in [0.25, 0.3) is 5.91 Å². The average molecular weight is 403 g/mol. The number of para-hydroxylation sites is 1. The summed E-state index contributed by atoms with van der Waals surface area (Å²) in [6, 6.07) is 14.3. The molecular weight excluding hydrogens is 376 g/mol. The van der Waals surface area contributed by atoms with Crippen LogP contribution < -0.4 is 5.32 Å². The van der Waals surface area contributed by atoms with E-state index < -0.39 is 0 Å². The maximum atomic E-state index is 13.8. The fourth-order valence-electron chi connectivity index (χ4n) is 4.83. The lowest BCUT2D eigenvalue weighted by Crippen LogP contribution is -2.64. The number of aryl methyl sites for hydroxylation is 1. The van der Waals surface area contributed by atoms with Crippen LogP contribution in [0.15, 0.2) is 54.9 Å². The van der Waals surface area contributed by atoms with E-state index in [1.807, 2.05) is 37.3 Å². The van der Waals surface area contributed by atoms with Crippen LogP contribution in [0.25, 0.3) is 5.69 Å². The number of amides is 1. The van der Waals surface area contributed by atoms with Gasteiger partial charge in [-0.25, -0.2) is 4.98 Å². The summed E-state index contributed by atoms with van der Waals surface area (Å²) in [5.41, 5.74) is 2.93. The van der Waals surface area contributed by atoms with Gasteiger partial charge in [-0.3, -0.25) is 4.79 Å². The molecule has 3 aromatic rings. The standard InChI is InChI=1S/C23H26N6O/c1-15-8-9-20(29-25-10-11-26-29)22(27-15)23(30)28-19-12-17(13-19)16(2)21(28)14-24-18-6-4-3-5-7-18/h3-11,16-17,19,21,24H,12-14H2,1-2H3. The lowest BCUT2D eigenvalue weighted by atomic mass is 9.64. The van der Waals surface area contributed by atoms with Crippen molar-refractivity contribution in [2.75, 3.05) is 11.9 Å². The molecule has 7 nitrogen and oxygen atoms in total. The minimum absolute atomic E-state index is 0.0270. The highest BCUT2D eigenvalue weighted by Crippen LogP contribution is 2.47. The number of carbonyl (C=O) groups excluding carboxylic acids is 1. The van der Waals surface area contributed by atoms with Crippen molar-refractivity contribution in [3.8, 4) is 5.69 Å². The summed E-state index contributed by atoms with van der Waals surface area (Å²) >= 11 is 0. The number of nitrogens with one attached hydrogen (secondary N) is 1. The van der Waals surface area contributed by atoms with Crippen LogP contribution in [-0.4, -0.2) is 49.4 Å². The zero-order valence-corrected chi connectivity index (χ0v) is 17.3. The molecule has 154 valence electrons. The molecule has 2 unspecified atom stereocenters. The molecule has 1 saturated carbocycles. The second-order valence-electron chi connectivity index (χ2n) is 8.41. The Labute approximate surface area is 176 Å².